The predicted octanol–water partition coefficient (Wildman–Crippen LogP) is 5.13. The average molecular weight is 506 g/mol. The standard InChI is InChI=1S/C21H15N2O.Pt/c1-3-8-17(9-4-1)18-10-7-11-19(16-18)23-21(14-15-22-23)24-20-12-5-2-6-13-20;/h1-10,12-16H;/q-1;. The van der Waals surface area contributed by atoms with Crippen LogP contribution in [0, 0.1) is 6.07 Å². The van der Waals surface area contributed by atoms with Gasteiger partial charge in [0.2, 0.25) is 5.88 Å². The Labute approximate surface area is 161 Å². The summed E-state index contributed by atoms with van der Waals surface area (Å²) in [5, 5.41) is 4.38. The van der Waals surface area contributed by atoms with Gasteiger partial charge in [-0.2, -0.15) is 23.3 Å². The summed E-state index contributed by atoms with van der Waals surface area (Å²) in [4.78, 5) is 0. The van der Waals surface area contributed by atoms with Crippen molar-refractivity contribution in [2.45, 2.75) is 0 Å². The Morgan fingerprint density at radius 3 is 2.28 bits per heavy atom. The van der Waals surface area contributed by atoms with Crippen LogP contribution in [0.1, 0.15) is 0 Å². The zero-order chi connectivity index (χ0) is 16.2. The second-order valence-electron chi connectivity index (χ2n) is 5.32. The van der Waals surface area contributed by atoms with Gasteiger partial charge in [0.25, 0.3) is 0 Å². The molecule has 0 aliphatic heterocycles. The third-order valence-corrected chi connectivity index (χ3v) is 3.70. The number of rotatable bonds is 4. The molecule has 0 aliphatic carbocycles. The summed E-state index contributed by atoms with van der Waals surface area (Å²) in [7, 11) is 0. The zero-order valence-corrected chi connectivity index (χ0v) is 15.6. The fourth-order valence-electron chi connectivity index (χ4n) is 2.55. The van der Waals surface area contributed by atoms with Crippen LogP contribution in [0.25, 0.3) is 16.8 Å². The Kier molecular flexibility index (Phi) is 5.47. The summed E-state index contributed by atoms with van der Waals surface area (Å²) in [6.07, 6.45) is 1.72. The van der Waals surface area contributed by atoms with E-state index in [1.165, 1.54) is 0 Å². The molecule has 0 fully saturated rings. The van der Waals surface area contributed by atoms with Crippen LogP contribution in [-0.4, -0.2) is 9.78 Å². The van der Waals surface area contributed by atoms with Crippen molar-refractivity contribution in [3.63, 3.8) is 0 Å². The normalized spacial score (nSPS) is 10.1. The van der Waals surface area contributed by atoms with Crippen LogP contribution in [0.5, 0.6) is 11.6 Å². The summed E-state index contributed by atoms with van der Waals surface area (Å²) >= 11 is 0. The van der Waals surface area contributed by atoms with Gasteiger partial charge in [0.05, 0.1) is 6.20 Å². The van der Waals surface area contributed by atoms with E-state index in [4.69, 9.17) is 4.74 Å². The Morgan fingerprint density at radius 1 is 0.800 bits per heavy atom. The molecule has 4 aromatic rings. The maximum absolute atomic E-state index is 5.93. The van der Waals surface area contributed by atoms with Crippen molar-refractivity contribution in [3.8, 4) is 28.4 Å². The van der Waals surface area contributed by atoms with Crippen LogP contribution in [0.3, 0.4) is 0 Å². The van der Waals surface area contributed by atoms with E-state index < -0.39 is 0 Å². The van der Waals surface area contributed by atoms with Crippen molar-refractivity contribution in [3.05, 3.63) is 97.2 Å². The first-order valence-electron chi connectivity index (χ1n) is 7.75. The van der Waals surface area contributed by atoms with Crippen molar-refractivity contribution < 1.29 is 25.8 Å². The van der Waals surface area contributed by atoms with E-state index in [0.29, 0.717) is 5.88 Å². The van der Waals surface area contributed by atoms with E-state index in [0.717, 1.165) is 22.6 Å². The van der Waals surface area contributed by atoms with Crippen LogP contribution < -0.4 is 4.74 Å². The van der Waals surface area contributed by atoms with E-state index in [1.807, 2.05) is 66.7 Å². The quantitative estimate of drug-likeness (QED) is 0.359. The second-order valence-corrected chi connectivity index (χ2v) is 5.32. The van der Waals surface area contributed by atoms with Crippen molar-refractivity contribution in [1.29, 1.82) is 0 Å². The number of hydrogen-bond acceptors (Lipinski definition) is 2. The number of aromatic nitrogens is 2. The molecule has 0 bridgehead atoms. The second kappa shape index (κ2) is 7.96. The van der Waals surface area contributed by atoms with Crippen LogP contribution in [-0.2, 0) is 21.1 Å². The van der Waals surface area contributed by atoms with Crippen LogP contribution in [0.2, 0.25) is 0 Å². The number of nitrogens with zero attached hydrogens (tertiary/aromatic N) is 2. The third kappa shape index (κ3) is 3.89. The Bertz CT molecular complexity index is 936. The Morgan fingerprint density at radius 2 is 1.52 bits per heavy atom. The van der Waals surface area contributed by atoms with E-state index in [-0.39, 0.29) is 21.1 Å². The molecule has 1 aromatic heterocycles. The summed E-state index contributed by atoms with van der Waals surface area (Å²) in [5.41, 5.74) is 3.11. The van der Waals surface area contributed by atoms with Gasteiger partial charge in [-0.15, -0.1) is 11.6 Å². The van der Waals surface area contributed by atoms with Gasteiger partial charge in [0.1, 0.15) is 5.75 Å². The molecule has 0 spiro atoms. The largest absolute Gasteiger partial charge is 0.439 e. The maximum atomic E-state index is 5.93. The average Bonchev–Trinajstić information content (AvgIpc) is 3.12. The SMILES string of the molecule is [Pt].[c-]1ccc(-c2ccccc2)cc1-n1nccc1Oc1ccccc1. The summed E-state index contributed by atoms with van der Waals surface area (Å²) in [6, 6.07) is 31.0. The monoisotopic (exact) mass is 506 g/mol. The van der Waals surface area contributed by atoms with Gasteiger partial charge < -0.3 is 4.74 Å². The first-order valence-corrected chi connectivity index (χ1v) is 7.75. The number of hydrogen-bond donors (Lipinski definition) is 0. The minimum absolute atomic E-state index is 0. The van der Waals surface area contributed by atoms with Crippen LogP contribution >= 0.6 is 0 Å². The van der Waals surface area contributed by atoms with E-state index in [1.54, 1.807) is 10.9 Å². The molecule has 0 N–H and O–H groups in total. The summed E-state index contributed by atoms with van der Waals surface area (Å²) < 4.78 is 7.68. The van der Waals surface area contributed by atoms with Crippen LogP contribution in [0.4, 0.5) is 0 Å². The maximum Gasteiger partial charge on any atom is 0.220 e. The van der Waals surface area contributed by atoms with Gasteiger partial charge >= 0.3 is 0 Å². The molecule has 0 atom stereocenters. The Balaban J connectivity index is 0.00000182. The molecule has 0 amide bonds. The molecule has 126 valence electrons. The molecule has 1 heterocycles. The fraction of sp³-hybridized carbons (Fsp3) is 0. The molecular weight excluding hydrogens is 491 g/mol. The number of benzene rings is 3. The van der Waals surface area contributed by atoms with Crippen molar-refractivity contribution in [1.82, 2.24) is 9.78 Å². The van der Waals surface area contributed by atoms with E-state index >= 15 is 0 Å². The minimum atomic E-state index is 0. The molecule has 4 rings (SSSR count). The molecule has 0 saturated carbocycles. The van der Waals surface area contributed by atoms with Crippen molar-refractivity contribution in [2.24, 2.45) is 0 Å². The first kappa shape index (κ1) is 17.2. The smallest absolute Gasteiger partial charge is 0.220 e. The van der Waals surface area contributed by atoms with Gasteiger partial charge in [-0.25, -0.2) is 4.68 Å². The zero-order valence-electron chi connectivity index (χ0n) is 13.3. The minimum Gasteiger partial charge on any atom is -0.439 e. The predicted molar refractivity (Wildman–Crippen MR) is 94.4 cm³/mol. The van der Waals surface area contributed by atoms with E-state index in [2.05, 4.69) is 29.4 Å². The van der Waals surface area contributed by atoms with E-state index in [9.17, 15) is 0 Å². The molecule has 3 aromatic carbocycles. The van der Waals surface area contributed by atoms with Crippen molar-refractivity contribution in [2.75, 3.05) is 0 Å². The van der Waals surface area contributed by atoms with Crippen LogP contribution in [0.15, 0.2) is 91.1 Å². The number of ether oxygens (including phenoxy) is 1. The third-order valence-electron chi connectivity index (χ3n) is 3.70. The molecule has 0 radical (unpaired) electrons. The molecule has 25 heavy (non-hydrogen) atoms. The van der Waals surface area contributed by atoms with Gasteiger partial charge in [-0.05, 0) is 23.4 Å². The molecular formula is C21H15N2OPt-. The summed E-state index contributed by atoms with van der Waals surface area (Å²) in [6.45, 7) is 0. The molecule has 0 aliphatic rings. The molecule has 3 nitrogen and oxygen atoms in total. The van der Waals surface area contributed by atoms with Crippen molar-refractivity contribution >= 4 is 0 Å². The van der Waals surface area contributed by atoms with Gasteiger partial charge in [-0.3, -0.25) is 0 Å². The van der Waals surface area contributed by atoms with Gasteiger partial charge in [0, 0.05) is 27.1 Å². The molecule has 0 saturated heterocycles. The first-order chi connectivity index (χ1) is 11.9. The topological polar surface area (TPSA) is 27.1 Å². The number of para-hydroxylation sites is 1. The van der Waals surface area contributed by atoms with Gasteiger partial charge in [-0.1, -0.05) is 48.5 Å². The van der Waals surface area contributed by atoms with Gasteiger partial charge in [0.15, 0.2) is 0 Å². The Hall–Kier alpha value is -2.64. The fourth-order valence-corrected chi connectivity index (χ4v) is 2.55. The summed E-state index contributed by atoms with van der Waals surface area (Å²) in [5.74, 6) is 1.43. The molecule has 0 unspecified atom stereocenters. The molecule has 4 heteroatoms.